The van der Waals surface area contributed by atoms with Gasteiger partial charge in [0.1, 0.15) is 0 Å². The minimum absolute atomic E-state index is 0.885. The second-order valence-electron chi connectivity index (χ2n) is 4.28. The van der Waals surface area contributed by atoms with Crippen molar-refractivity contribution in [1.29, 1.82) is 0 Å². The van der Waals surface area contributed by atoms with Crippen LogP contribution in [0.2, 0.25) is 5.02 Å². The summed E-state index contributed by atoms with van der Waals surface area (Å²) in [6, 6.07) is 6.59. The Morgan fingerprint density at radius 2 is 2.07 bits per heavy atom. The summed E-state index contributed by atoms with van der Waals surface area (Å²) in [6.45, 7) is 2.29. The number of aryl methyl sites for hydroxylation is 2. The van der Waals surface area contributed by atoms with Gasteiger partial charge >= 0.3 is 0 Å². The summed E-state index contributed by atoms with van der Waals surface area (Å²) in [4.78, 5) is 0. The number of fused-ring (bicyclic) bond motifs is 6. The molecular weight excluding hydrogens is 192 g/mol. The maximum atomic E-state index is 6.21. The van der Waals surface area contributed by atoms with Gasteiger partial charge in [0.15, 0.2) is 0 Å². The Hall–Kier alpha value is -0.490. The molecule has 1 aromatic carbocycles. The molecule has 2 bridgehead atoms. The van der Waals surface area contributed by atoms with Gasteiger partial charge in [-0.2, -0.15) is 0 Å². The first-order valence-corrected chi connectivity index (χ1v) is 5.94. The molecule has 1 atom stereocenters. The summed E-state index contributed by atoms with van der Waals surface area (Å²) in [6.07, 6.45) is 6.27. The van der Waals surface area contributed by atoms with Crippen LogP contribution in [0.15, 0.2) is 18.2 Å². The molecule has 2 aliphatic rings. The van der Waals surface area contributed by atoms with Crippen molar-refractivity contribution < 1.29 is 0 Å². The van der Waals surface area contributed by atoms with Crippen molar-refractivity contribution in [3.63, 3.8) is 0 Å². The van der Waals surface area contributed by atoms with Gasteiger partial charge in [-0.05, 0) is 48.8 Å². The third-order valence-electron chi connectivity index (χ3n) is 3.36. The monoisotopic (exact) mass is 208 g/mol. The van der Waals surface area contributed by atoms with Crippen LogP contribution >= 0.6 is 11.6 Å². The van der Waals surface area contributed by atoms with Crippen molar-refractivity contribution in [1.82, 2.24) is 0 Å². The number of halogens is 1. The highest BCUT2D eigenvalue weighted by Crippen LogP contribution is 2.27. The lowest BCUT2D eigenvalue weighted by Crippen LogP contribution is -2.01. The van der Waals surface area contributed by atoms with Crippen LogP contribution in [0.1, 0.15) is 37.3 Å². The molecule has 0 aliphatic heterocycles. The number of rotatable bonds is 1. The first-order valence-electron chi connectivity index (χ1n) is 5.57. The largest absolute Gasteiger partial charge is 0.0840 e. The van der Waals surface area contributed by atoms with Gasteiger partial charge in [0.2, 0.25) is 0 Å². The topological polar surface area (TPSA) is 0 Å². The Labute approximate surface area is 91.3 Å². The van der Waals surface area contributed by atoms with Crippen LogP contribution in [-0.4, -0.2) is 0 Å². The summed E-state index contributed by atoms with van der Waals surface area (Å²) < 4.78 is 0. The predicted octanol–water partition coefficient (Wildman–Crippen LogP) is 4.25. The third kappa shape index (κ3) is 2.12. The first kappa shape index (κ1) is 10.0. The fourth-order valence-electron chi connectivity index (χ4n) is 2.23. The summed E-state index contributed by atoms with van der Waals surface area (Å²) in [5.41, 5.74) is 2.73. The van der Waals surface area contributed by atoms with Crippen LogP contribution in [0.5, 0.6) is 0 Å². The number of hydrogen-bond acceptors (Lipinski definition) is 0. The molecule has 76 valence electrons. The van der Waals surface area contributed by atoms with Crippen molar-refractivity contribution in [3.8, 4) is 0 Å². The molecule has 0 N–H and O–H groups in total. The van der Waals surface area contributed by atoms with Crippen LogP contribution in [0.25, 0.3) is 0 Å². The van der Waals surface area contributed by atoms with Crippen molar-refractivity contribution in [2.24, 2.45) is 5.92 Å². The Morgan fingerprint density at radius 3 is 2.79 bits per heavy atom. The van der Waals surface area contributed by atoms with E-state index in [-0.39, 0.29) is 0 Å². The lowest BCUT2D eigenvalue weighted by Gasteiger charge is -2.12. The smallest absolute Gasteiger partial charge is 0.0440 e. The van der Waals surface area contributed by atoms with Crippen molar-refractivity contribution in [2.45, 2.75) is 39.0 Å². The molecule has 0 aromatic heterocycles. The van der Waals surface area contributed by atoms with E-state index in [1.54, 1.807) is 0 Å². The van der Waals surface area contributed by atoms with Gasteiger partial charge in [0.05, 0.1) is 0 Å². The van der Waals surface area contributed by atoms with Crippen LogP contribution in [-0.2, 0) is 12.8 Å². The van der Waals surface area contributed by atoms with Gasteiger partial charge < -0.3 is 0 Å². The third-order valence-corrected chi connectivity index (χ3v) is 3.71. The Morgan fingerprint density at radius 1 is 1.29 bits per heavy atom. The molecule has 0 heterocycles. The predicted molar refractivity (Wildman–Crippen MR) is 61.9 cm³/mol. The van der Waals surface area contributed by atoms with E-state index in [0.29, 0.717) is 0 Å². The molecule has 1 aromatic rings. The quantitative estimate of drug-likeness (QED) is 0.648. The number of benzene rings is 1. The second-order valence-corrected chi connectivity index (χ2v) is 4.68. The zero-order valence-electron chi connectivity index (χ0n) is 8.72. The molecular formula is C13H17Cl. The Kier molecular flexibility index (Phi) is 3.12. The van der Waals surface area contributed by atoms with E-state index in [9.17, 15) is 0 Å². The highest BCUT2D eigenvalue weighted by molar-refractivity contribution is 6.31. The van der Waals surface area contributed by atoms with Crippen molar-refractivity contribution in [2.75, 3.05) is 0 Å². The highest BCUT2D eigenvalue weighted by atomic mass is 35.5. The molecule has 14 heavy (non-hydrogen) atoms. The maximum Gasteiger partial charge on any atom is 0.0440 e. The molecule has 0 amide bonds. The van der Waals surface area contributed by atoms with E-state index in [4.69, 9.17) is 11.6 Å². The van der Waals surface area contributed by atoms with Crippen molar-refractivity contribution in [3.05, 3.63) is 34.3 Å². The minimum atomic E-state index is 0.885. The van der Waals surface area contributed by atoms with Gasteiger partial charge in [-0.15, -0.1) is 0 Å². The molecule has 0 saturated carbocycles. The van der Waals surface area contributed by atoms with E-state index in [1.807, 2.05) is 0 Å². The Bertz CT molecular complexity index is 317. The summed E-state index contributed by atoms with van der Waals surface area (Å²) in [5, 5.41) is 0.972. The normalized spacial score (nSPS) is 21.4. The van der Waals surface area contributed by atoms with Crippen molar-refractivity contribution >= 4 is 11.6 Å². The summed E-state index contributed by atoms with van der Waals surface area (Å²) in [5.74, 6) is 0.885. The SMILES string of the molecule is CCC1CCc2ccc(c(Cl)c2)CC1. The Balaban J connectivity index is 2.24. The molecule has 0 nitrogen and oxygen atoms in total. The second kappa shape index (κ2) is 4.35. The molecule has 0 spiro atoms. The zero-order chi connectivity index (χ0) is 9.97. The summed E-state index contributed by atoms with van der Waals surface area (Å²) >= 11 is 6.21. The van der Waals surface area contributed by atoms with Gasteiger partial charge in [0.25, 0.3) is 0 Å². The summed E-state index contributed by atoms with van der Waals surface area (Å²) in [7, 11) is 0. The van der Waals surface area contributed by atoms with E-state index >= 15 is 0 Å². The van der Waals surface area contributed by atoms with Crippen LogP contribution < -0.4 is 0 Å². The fraction of sp³-hybridized carbons (Fsp3) is 0.538. The molecule has 1 unspecified atom stereocenters. The standard InChI is InChI=1S/C13H17Cl/c1-2-10-3-4-11-6-8-12(7-5-10)13(14)9-11/h6,8-10H,2-5,7H2,1H3. The van der Waals surface area contributed by atoms with Gasteiger partial charge in [0, 0.05) is 5.02 Å². The van der Waals surface area contributed by atoms with E-state index in [2.05, 4.69) is 25.1 Å². The number of hydrogen-bond donors (Lipinski definition) is 0. The highest BCUT2D eigenvalue weighted by Gasteiger charge is 2.12. The van der Waals surface area contributed by atoms with E-state index in [0.717, 1.165) is 17.4 Å². The fourth-order valence-corrected chi connectivity index (χ4v) is 2.53. The molecule has 0 saturated heterocycles. The van der Waals surface area contributed by atoms with Crippen LogP contribution in [0, 0.1) is 5.92 Å². The minimum Gasteiger partial charge on any atom is -0.0840 e. The molecule has 2 aliphatic carbocycles. The average Bonchev–Trinajstić information content (AvgIpc) is 2.33. The molecule has 0 radical (unpaired) electrons. The van der Waals surface area contributed by atoms with Gasteiger partial charge in [-0.1, -0.05) is 37.1 Å². The van der Waals surface area contributed by atoms with Crippen LogP contribution in [0.4, 0.5) is 0 Å². The lowest BCUT2D eigenvalue weighted by atomic mass is 9.94. The van der Waals surface area contributed by atoms with Crippen LogP contribution in [0.3, 0.4) is 0 Å². The average molecular weight is 209 g/mol. The van der Waals surface area contributed by atoms with Gasteiger partial charge in [-0.3, -0.25) is 0 Å². The lowest BCUT2D eigenvalue weighted by molar-refractivity contribution is 0.440. The molecule has 0 fully saturated rings. The van der Waals surface area contributed by atoms with Gasteiger partial charge in [-0.25, -0.2) is 0 Å². The van der Waals surface area contributed by atoms with E-state index < -0.39 is 0 Å². The maximum absolute atomic E-state index is 6.21. The molecule has 1 heteroatoms. The first-order chi connectivity index (χ1) is 6.79. The zero-order valence-corrected chi connectivity index (χ0v) is 9.48. The van der Waals surface area contributed by atoms with E-state index in [1.165, 1.54) is 36.8 Å². The molecule has 3 rings (SSSR count).